The second-order valence-corrected chi connectivity index (χ2v) is 8.53. The van der Waals surface area contributed by atoms with Gasteiger partial charge in [0.15, 0.2) is 0 Å². The van der Waals surface area contributed by atoms with Gasteiger partial charge in [0.25, 0.3) is 5.91 Å². The Morgan fingerprint density at radius 3 is 2.84 bits per heavy atom. The van der Waals surface area contributed by atoms with Crippen LogP contribution in [-0.4, -0.2) is 64.7 Å². The van der Waals surface area contributed by atoms with E-state index in [1.807, 2.05) is 50.9 Å². The van der Waals surface area contributed by atoms with Crippen LogP contribution in [0, 0.1) is 11.7 Å². The van der Waals surface area contributed by atoms with Crippen LogP contribution in [0.5, 0.6) is 5.88 Å². The molecule has 0 unspecified atom stereocenters. The van der Waals surface area contributed by atoms with Crippen molar-refractivity contribution in [2.45, 2.75) is 39.5 Å². The lowest BCUT2D eigenvalue weighted by atomic mass is 9.99. The van der Waals surface area contributed by atoms with Gasteiger partial charge in [-0.25, -0.2) is 9.37 Å². The van der Waals surface area contributed by atoms with E-state index < -0.39 is 0 Å². The Morgan fingerprint density at radius 1 is 1.41 bits per heavy atom. The van der Waals surface area contributed by atoms with Crippen LogP contribution in [0.25, 0.3) is 6.08 Å². The predicted octanol–water partition coefficient (Wildman–Crippen LogP) is 3.61. The molecule has 0 radical (unpaired) electrons. The molecule has 0 saturated carbocycles. The highest BCUT2D eigenvalue weighted by atomic mass is 19.1. The van der Waals surface area contributed by atoms with Crippen molar-refractivity contribution >= 4 is 12.0 Å². The Labute approximate surface area is 189 Å². The lowest BCUT2D eigenvalue weighted by molar-refractivity contribution is 0.0324. The van der Waals surface area contributed by atoms with Crippen LogP contribution in [0.1, 0.15) is 42.3 Å². The lowest BCUT2D eigenvalue weighted by Gasteiger charge is -2.37. The SMILES string of the molecule is CC=Cc1cnc2c(c1)C(=O)N([C@H](C)CO)C[C@H](C)[C@@H](CN(C)Cc1ccccc1F)O2. The summed E-state index contributed by atoms with van der Waals surface area (Å²) in [6.45, 7) is 7.03. The number of aromatic nitrogens is 1. The quantitative estimate of drug-likeness (QED) is 0.711. The number of rotatable bonds is 7. The van der Waals surface area contributed by atoms with Crippen molar-refractivity contribution in [2.24, 2.45) is 5.92 Å². The van der Waals surface area contributed by atoms with Crippen molar-refractivity contribution in [1.82, 2.24) is 14.8 Å². The monoisotopic (exact) mass is 441 g/mol. The number of allylic oxidation sites excluding steroid dienone is 1. The summed E-state index contributed by atoms with van der Waals surface area (Å²) in [5, 5.41) is 9.75. The Hall–Kier alpha value is -2.77. The first-order valence-electron chi connectivity index (χ1n) is 11.0. The summed E-state index contributed by atoms with van der Waals surface area (Å²) in [6, 6.07) is 8.18. The summed E-state index contributed by atoms with van der Waals surface area (Å²) in [7, 11) is 1.92. The van der Waals surface area contributed by atoms with Crippen LogP contribution in [0.15, 0.2) is 42.6 Å². The van der Waals surface area contributed by atoms with Gasteiger partial charge in [-0.05, 0) is 38.6 Å². The molecule has 1 aliphatic rings. The van der Waals surface area contributed by atoms with Gasteiger partial charge in [-0.2, -0.15) is 0 Å². The molecule has 0 bridgehead atoms. The van der Waals surface area contributed by atoms with E-state index in [4.69, 9.17) is 4.74 Å². The fraction of sp³-hybridized carbons (Fsp3) is 0.440. The predicted molar refractivity (Wildman–Crippen MR) is 123 cm³/mol. The fourth-order valence-corrected chi connectivity index (χ4v) is 3.91. The van der Waals surface area contributed by atoms with Gasteiger partial charge in [0.05, 0.1) is 12.6 Å². The van der Waals surface area contributed by atoms with Gasteiger partial charge in [0, 0.05) is 37.3 Å². The normalized spacial score (nSPS) is 20.1. The van der Waals surface area contributed by atoms with Crippen LogP contribution >= 0.6 is 0 Å². The van der Waals surface area contributed by atoms with Crippen molar-refractivity contribution in [3.05, 3.63) is 65.1 Å². The zero-order valence-electron chi connectivity index (χ0n) is 19.2. The molecule has 1 aromatic heterocycles. The van der Waals surface area contributed by atoms with Gasteiger partial charge in [-0.1, -0.05) is 37.3 Å². The van der Waals surface area contributed by atoms with Crippen LogP contribution in [0.3, 0.4) is 0 Å². The number of amides is 1. The summed E-state index contributed by atoms with van der Waals surface area (Å²) in [5.41, 5.74) is 1.81. The number of pyridine rings is 1. The maximum Gasteiger partial charge on any atom is 0.259 e. The molecule has 3 rings (SSSR count). The summed E-state index contributed by atoms with van der Waals surface area (Å²) >= 11 is 0. The Morgan fingerprint density at radius 2 is 2.16 bits per heavy atom. The van der Waals surface area contributed by atoms with Crippen LogP contribution < -0.4 is 4.74 Å². The largest absolute Gasteiger partial charge is 0.472 e. The third kappa shape index (κ3) is 5.53. The Kier molecular flexibility index (Phi) is 7.99. The molecular weight excluding hydrogens is 409 g/mol. The van der Waals surface area contributed by atoms with Crippen molar-refractivity contribution < 1.29 is 19.0 Å². The van der Waals surface area contributed by atoms with E-state index >= 15 is 0 Å². The minimum absolute atomic E-state index is 0.0267. The van der Waals surface area contributed by atoms with Gasteiger partial charge >= 0.3 is 0 Å². The van der Waals surface area contributed by atoms with Crippen LogP contribution in [0.4, 0.5) is 4.39 Å². The zero-order chi connectivity index (χ0) is 23.3. The number of nitrogens with zero attached hydrogens (tertiary/aromatic N) is 3. The molecule has 6 nitrogen and oxygen atoms in total. The number of ether oxygens (including phenoxy) is 1. The van der Waals surface area contributed by atoms with E-state index in [1.165, 1.54) is 6.07 Å². The third-order valence-electron chi connectivity index (χ3n) is 5.79. The number of aliphatic hydroxyl groups excluding tert-OH is 1. The third-order valence-corrected chi connectivity index (χ3v) is 5.79. The van der Waals surface area contributed by atoms with E-state index in [0.29, 0.717) is 30.8 Å². The molecule has 172 valence electrons. The average molecular weight is 442 g/mol. The van der Waals surface area contributed by atoms with E-state index in [1.54, 1.807) is 29.3 Å². The first kappa shape index (κ1) is 23.9. The molecule has 1 aliphatic heterocycles. The van der Waals surface area contributed by atoms with Gasteiger partial charge < -0.3 is 14.7 Å². The number of carbonyl (C=O) groups excluding carboxylic acids is 1. The molecule has 2 heterocycles. The number of benzene rings is 1. The smallest absolute Gasteiger partial charge is 0.259 e. The van der Waals surface area contributed by atoms with Gasteiger partial charge in [-0.15, -0.1) is 0 Å². The number of halogens is 1. The summed E-state index contributed by atoms with van der Waals surface area (Å²) in [5.74, 6) is -0.177. The van der Waals surface area contributed by atoms with Crippen molar-refractivity contribution in [3.8, 4) is 5.88 Å². The molecule has 1 amide bonds. The summed E-state index contributed by atoms with van der Waals surface area (Å²) in [6.07, 6.45) is 5.17. The molecule has 3 atom stereocenters. The Bertz CT molecular complexity index is 965. The molecule has 2 aromatic rings. The standard InChI is InChI=1S/C25H32FN3O3/c1-5-8-19-11-21-24(27-12-19)32-23(17(2)13-29(25(21)31)18(3)16-30)15-28(4)14-20-9-6-7-10-22(20)26/h5-12,17-18,23,30H,13-16H2,1-4H3/t17-,18+,23+/m0/s1. The van der Waals surface area contributed by atoms with E-state index in [2.05, 4.69) is 4.98 Å². The molecule has 0 saturated heterocycles. The second kappa shape index (κ2) is 10.7. The number of aliphatic hydroxyl groups is 1. The highest BCUT2D eigenvalue weighted by molar-refractivity contribution is 5.97. The minimum atomic E-state index is -0.335. The fourth-order valence-electron chi connectivity index (χ4n) is 3.91. The van der Waals surface area contributed by atoms with Crippen molar-refractivity contribution in [3.63, 3.8) is 0 Å². The number of hydrogen-bond donors (Lipinski definition) is 1. The van der Waals surface area contributed by atoms with E-state index in [0.717, 1.165) is 5.56 Å². The summed E-state index contributed by atoms with van der Waals surface area (Å²) < 4.78 is 20.4. The first-order chi connectivity index (χ1) is 15.3. The molecule has 0 aliphatic carbocycles. The molecule has 7 heteroatoms. The first-order valence-corrected chi connectivity index (χ1v) is 11.0. The van der Waals surface area contributed by atoms with Gasteiger partial charge in [0.1, 0.15) is 17.5 Å². The minimum Gasteiger partial charge on any atom is -0.472 e. The van der Waals surface area contributed by atoms with Crippen LogP contribution in [0.2, 0.25) is 0 Å². The zero-order valence-corrected chi connectivity index (χ0v) is 19.2. The maximum absolute atomic E-state index is 14.1. The van der Waals surface area contributed by atoms with Gasteiger partial charge in [0.2, 0.25) is 5.88 Å². The second-order valence-electron chi connectivity index (χ2n) is 8.53. The summed E-state index contributed by atoms with van der Waals surface area (Å²) in [4.78, 5) is 21.5. The molecule has 32 heavy (non-hydrogen) atoms. The highest BCUT2D eigenvalue weighted by Gasteiger charge is 2.34. The highest BCUT2D eigenvalue weighted by Crippen LogP contribution is 2.28. The van der Waals surface area contributed by atoms with Gasteiger partial charge in [-0.3, -0.25) is 9.69 Å². The van der Waals surface area contributed by atoms with Crippen molar-refractivity contribution in [2.75, 3.05) is 26.7 Å². The molecule has 1 aromatic carbocycles. The number of likely N-dealkylation sites (N-methyl/N-ethyl adjacent to an activating group) is 1. The molecule has 0 spiro atoms. The maximum atomic E-state index is 14.1. The molecule has 0 fully saturated rings. The van der Waals surface area contributed by atoms with Crippen molar-refractivity contribution in [1.29, 1.82) is 0 Å². The average Bonchev–Trinajstić information content (AvgIpc) is 2.78. The topological polar surface area (TPSA) is 65.9 Å². The Balaban J connectivity index is 1.90. The number of carbonyl (C=O) groups is 1. The van der Waals surface area contributed by atoms with E-state index in [-0.39, 0.29) is 42.3 Å². The van der Waals surface area contributed by atoms with Crippen LogP contribution in [-0.2, 0) is 6.54 Å². The number of fused-ring (bicyclic) bond motifs is 1. The molecular formula is C25H32FN3O3. The lowest BCUT2D eigenvalue weighted by Crippen LogP contribution is -2.49. The number of hydrogen-bond acceptors (Lipinski definition) is 5. The van der Waals surface area contributed by atoms with E-state index in [9.17, 15) is 14.3 Å². The molecule has 1 N–H and O–H groups in total.